The molecule has 0 radical (unpaired) electrons. The predicted octanol–water partition coefficient (Wildman–Crippen LogP) is 2.42. The fraction of sp³-hybridized carbons (Fsp3) is 0.455. The van der Waals surface area contributed by atoms with Crippen LogP contribution < -0.4 is 0 Å². The highest BCUT2D eigenvalue weighted by Gasteiger charge is 2.13. The Balaban J connectivity index is 2.06. The van der Waals surface area contributed by atoms with Crippen molar-refractivity contribution in [2.45, 2.75) is 6.54 Å². The Hall–Kier alpha value is -0.450. The molecule has 2 nitrogen and oxygen atoms in total. The highest BCUT2D eigenvalue weighted by atomic mass is 79.9. The molecule has 1 saturated heterocycles. The topological polar surface area (TPSA) is 12.5 Å². The zero-order valence-electron chi connectivity index (χ0n) is 8.38. The van der Waals surface area contributed by atoms with Gasteiger partial charge in [-0.25, -0.2) is 4.39 Å². The van der Waals surface area contributed by atoms with Gasteiger partial charge in [0.05, 0.1) is 17.7 Å². The molecule has 1 fully saturated rings. The summed E-state index contributed by atoms with van der Waals surface area (Å²) in [5, 5.41) is 0. The lowest BCUT2D eigenvalue weighted by atomic mass is 10.2. The van der Waals surface area contributed by atoms with Crippen molar-refractivity contribution in [2.24, 2.45) is 0 Å². The quantitative estimate of drug-likeness (QED) is 0.821. The maximum Gasteiger partial charge on any atom is 0.141 e. The molecule has 15 heavy (non-hydrogen) atoms. The fourth-order valence-corrected chi connectivity index (χ4v) is 2.08. The Bertz CT molecular complexity index is 339. The maximum atomic E-state index is 13.7. The molecule has 0 aliphatic carbocycles. The summed E-state index contributed by atoms with van der Waals surface area (Å²) in [5.41, 5.74) is 0.742. The van der Waals surface area contributed by atoms with E-state index in [1.807, 2.05) is 12.1 Å². The number of ether oxygens (including phenoxy) is 1. The predicted molar refractivity (Wildman–Crippen MR) is 60.2 cm³/mol. The van der Waals surface area contributed by atoms with Crippen LogP contribution in [0.25, 0.3) is 0 Å². The van der Waals surface area contributed by atoms with E-state index in [1.54, 1.807) is 6.07 Å². The number of hydrogen-bond donors (Lipinski definition) is 0. The van der Waals surface area contributed by atoms with Crippen molar-refractivity contribution in [3.05, 3.63) is 34.1 Å². The second-order valence-electron chi connectivity index (χ2n) is 3.60. The zero-order valence-corrected chi connectivity index (χ0v) is 9.96. The van der Waals surface area contributed by atoms with Gasteiger partial charge in [-0.05, 0) is 22.0 Å². The first-order chi connectivity index (χ1) is 7.27. The minimum absolute atomic E-state index is 0.149. The van der Waals surface area contributed by atoms with Gasteiger partial charge in [0.15, 0.2) is 0 Å². The summed E-state index contributed by atoms with van der Waals surface area (Å²) in [7, 11) is 0. The summed E-state index contributed by atoms with van der Waals surface area (Å²) in [6, 6.07) is 5.41. The molecular formula is C11H13BrFNO. The average molecular weight is 274 g/mol. The van der Waals surface area contributed by atoms with Gasteiger partial charge in [0.2, 0.25) is 0 Å². The second-order valence-corrected chi connectivity index (χ2v) is 4.46. The van der Waals surface area contributed by atoms with Gasteiger partial charge in [0.25, 0.3) is 0 Å². The minimum Gasteiger partial charge on any atom is -0.379 e. The van der Waals surface area contributed by atoms with Crippen LogP contribution in [0.4, 0.5) is 4.39 Å². The van der Waals surface area contributed by atoms with Crippen LogP contribution in [0.2, 0.25) is 0 Å². The molecule has 0 bridgehead atoms. The van der Waals surface area contributed by atoms with Gasteiger partial charge in [-0.15, -0.1) is 0 Å². The Morgan fingerprint density at radius 1 is 1.33 bits per heavy atom. The van der Waals surface area contributed by atoms with Crippen molar-refractivity contribution in [2.75, 3.05) is 26.3 Å². The normalized spacial score (nSPS) is 18.0. The van der Waals surface area contributed by atoms with Crippen molar-refractivity contribution in [1.82, 2.24) is 4.90 Å². The SMILES string of the molecule is Fc1c(Br)cccc1CN1CCOCC1. The lowest BCUT2D eigenvalue weighted by molar-refractivity contribution is 0.0337. The van der Waals surface area contributed by atoms with Crippen molar-refractivity contribution < 1.29 is 9.13 Å². The summed E-state index contributed by atoms with van der Waals surface area (Å²) in [6.45, 7) is 3.91. The molecule has 1 aliphatic rings. The smallest absolute Gasteiger partial charge is 0.141 e. The maximum absolute atomic E-state index is 13.7. The summed E-state index contributed by atoms with van der Waals surface area (Å²) >= 11 is 3.19. The lowest BCUT2D eigenvalue weighted by Gasteiger charge is -2.26. The third-order valence-electron chi connectivity index (χ3n) is 2.53. The molecule has 1 aliphatic heterocycles. The van der Waals surface area contributed by atoms with Crippen LogP contribution in [0.1, 0.15) is 5.56 Å². The van der Waals surface area contributed by atoms with Crippen LogP contribution in [0.5, 0.6) is 0 Å². The van der Waals surface area contributed by atoms with Crippen molar-refractivity contribution in [3.8, 4) is 0 Å². The average Bonchev–Trinajstić information content (AvgIpc) is 2.26. The van der Waals surface area contributed by atoms with Gasteiger partial charge in [-0.1, -0.05) is 12.1 Å². The number of halogens is 2. The highest BCUT2D eigenvalue weighted by molar-refractivity contribution is 9.10. The molecule has 0 saturated carbocycles. The van der Waals surface area contributed by atoms with Crippen molar-refractivity contribution in [1.29, 1.82) is 0 Å². The van der Waals surface area contributed by atoms with E-state index < -0.39 is 0 Å². The van der Waals surface area contributed by atoms with E-state index in [0.29, 0.717) is 11.0 Å². The number of morpholine rings is 1. The van der Waals surface area contributed by atoms with E-state index in [1.165, 1.54) is 0 Å². The molecule has 0 unspecified atom stereocenters. The van der Waals surface area contributed by atoms with Crippen LogP contribution in [0, 0.1) is 5.82 Å². The van der Waals surface area contributed by atoms with Crippen LogP contribution in [0.3, 0.4) is 0 Å². The van der Waals surface area contributed by atoms with Gasteiger partial charge in [0, 0.05) is 25.2 Å². The molecule has 1 heterocycles. The van der Waals surface area contributed by atoms with Crippen LogP contribution in [0.15, 0.2) is 22.7 Å². The Morgan fingerprint density at radius 2 is 2.07 bits per heavy atom. The van der Waals surface area contributed by atoms with Crippen molar-refractivity contribution >= 4 is 15.9 Å². The lowest BCUT2D eigenvalue weighted by Crippen LogP contribution is -2.35. The first-order valence-corrected chi connectivity index (χ1v) is 5.79. The molecule has 1 aromatic carbocycles. The summed E-state index contributed by atoms with van der Waals surface area (Å²) in [5.74, 6) is -0.149. The highest BCUT2D eigenvalue weighted by Crippen LogP contribution is 2.20. The van der Waals surface area contributed by atoms with Crippen LogP contribution >= 0.6 is 15.9 Å². The first-order valence-electron chi connectivity index (χ1n) is 5.00. The van der Waals surface area contributed by atoms with Gasteiger partial charge in [-0.3, -0.25) is 4.90 Å². The second kappa shape index (κ2) is 5.05. The molecule has 0 atom stereocenters. The number of hydrogen-bond acceptors (Lipinski definition) is 2. The van der Waals surface area contributed by atoms with E-state index in [9.17, 15) is 4.39 Å². The van der Waals surface area contributed by atoms with Crippen LogP contribution in [-0.2, 0) is 11.3 Å². The molecule has 82 valence electrons. The summed E-state index contributed by atoms with van der Waals surface area (Å²) in [4.78, 5) is 2.20. The number of nitrogens with zero attached hydrogens (tertiary/aromatic N) is 1. The fourth-order valence-electron chi connectivity index (χ4n) is 1.67. The number of rotatable bonds is 2. The Labute approximate surface area is 97.2 Å². The first kappa shape index (κ1) is 11.0. The standard InChI is InChI=1S/C11H13BrFNO/c12-10-3-1-2-9(11(10)13)8-14-4-6-15-7-5-14/h1-3H,4-8H2. The van der Waals surface area contributed by atoms with E-state index in [2.05, 4.69) is 20.8 Å². The van der Waals surface area contributed by atoms with E-state index in [4.69, 9.17) is 4.74 Å². The molecule has 0 amide bonds. The number of benzene rings is 1. The van der Waals surface area contributed by atoms with Gasteiger partial charge >= 0.3 is 0 Å². The molecule has 1 aromatic rings. The molecule has 4 heteroatoms. The minimum atomic E-state index is -0.149. The van der Waals surface area contributed by atoms with E-state index >= 15 is 0 Å². The summed E-state index contributed by atoms with van der Waals surface area (Å²) in [6.07, 6.45) is 0. The Morgan fingerprint density at radius 3 is 2.80 bits per heavy atom. The Kier molecular flexibility index (Phi) is 3.72. The molecule has 0 N–H and O–H groups in total. The largest absolute Gasteiger partial charge is 0.379 e. The monoisotopic (exact) mass is 273 g/mol. The van der Waals surface area contributed by atoms with Crippen LogP contribution in [-0.4, -0.2) is 31.2 Å². The third-order valence-corrected chi connectivity index (χ3v) is 3.14. The zero-order chi connectivity index (χ0) is 10.7. The van der Waals surface area contributed by atoms with Gasteiger partial charge < -0.3 is 4.74 Å². The van der Waals surface area contributed by atoms with Gasteiger partial charge in [-0.2, -0.15) is 0 Å². The van der Waals surface area contributed by atoms with E-state index in [0.717, 1.165) is 31.9 Å². The van der Waals surface area contributed by atoms with E-state index in [-0.39, 0.29) is 5.82 Å². The molecule has 0 spiro atoms. The molecule has 0 aromatic heterocycles. The third kappa shape index (κ3) is 2.77. The van der Waals surface area contributed by atoms with Crippen molar-refractivity contribution in [3.63, 3.8) is 0 Å². The van der Waals surface area contributed by atoms with Gasteiger partial charge in [0.1, 0.15) is 5.82 Å². The summed E-state index contributed by atoms with van der Waals surface area (Å²) < 4.78 is 19.4. The molecular weight excluding hydrogens is 261 g/mol. The molecule has 2 rings (SSSR count).